The van der Waals surface area contributed by atoms with Crippen LogP contribution in [0.4, 0.5) is 4.79 Å². The fourth-order valence-electron chi connectivity index (χ4n) is 4.65. The van der Waals surface area contributed by atoms with Crippen LogP contribution in [0.2, 0.25) is 0 Å². The van der Waals surface area contributed by atoms with Gasteiger partial charge in [-0.2, -0.15) is 0 Å². The van der Waals surface area contributed by atoms with Gasteiger partial charge >= 0.3 is 11.8 Å². The summed E-state index contributed by atoms with van der Waals surface area (Å²) in [5.41, 5.74) is 2.57. The highest BCUT2D eigenvalue weighted by Gasteiger charge is 2.31. The van der Waals surface area contributed by atoms with Crippen molar-refractivity contribution >= 4 is 17.1 Å². The summed E-state index contributed by atoms with van der Waals surface area (Å²) >= 11 is 0. The van der Waals surface area contributed by atoms with Crippen LogP contribution >= 0.6 is 0 Å². The molecule has 2 saturated heterocycles. The SMILES string of the molecule is Cn1c(=O)[nH]c2ccc(CN3CCN(C4CCN(C(=O)OC(C)(C)C)CC4)CC3)cc21. The summed E-state index contributed by atoms with van der Waals surface area (Å²) in [6, 6.07) is 6.77. The van der Waals surface area contributed by atoms with Gasteiger partial charge in [0.25, 0.3) is 0 Å². The number of carbonyl (C=O) groups excluding carboxylic acids is 1. The highest BCUT2D eigenvalue weighted by atomic mass is 16.6. The fourth-order valence-corrected chi connectivity index (χ4v) is 4.65. The molecule has 0 bridgehead atoms. The number of H-pyrrole nitrogens is 1. The highest BCUT2D eigenvalue weighted by molar-refractivity contribution is 5.75. The lowest BCUT2D eigenvalue weighted by Crippen LogP contribution is -2.53. The molecule has 1 aromatic heterocycles. The third-order valence-electron chi connectivity index (χ3n) is 6.42. The van der Waals surface area contributed by atoms with E-state index in [-0.39, 0.29) is 11.8 Å². The number of aromatic amines is 1. The second-order valence-electron chi connectivity index (χ2n) is 9.85. The predicted octanol–water partition coefficient (Wildman–Crippen LogP) is 2.38. The standard InChI is InChI=1S/C23H35N5O3/c1-23(2,3)31-22(30)28-9-7-18(8-10-28)27-13-11-26(12-14-27)16-17-5-6-19-20(15-17)25(4)21(29)24-19/h5-6,15,18H,7-14,16H2,1-4H3,(H,24,29). The van der Waals surface area contributed by atoms with Gasteiger partial charge in [0.15, 0.2) is 0 Å². The zero-order valence-corrected chi connectivity index (χ0v) is 19.2. The molecule has 0 saturated carbocycles. The first-order valence-corrected chi connectivity index (χ1v) is 11.3. The Balaban J connectivity index is 1.25. The van der Waals surface area contributed by atoms with Crippen molar-refractivity contribution in [2.45, 2.75) is 51.8 Å². The first-order chi connectivity index (χ1) is 14.7. The highest BCUT2D eigenvalue weighted by Crippen LogP contribution is 2.21. The number of benzene rings is 1. The quantitative estimate of drug-likeness (QED) is 0.811. The Morgan fingerprint density at radius 3 is 2.42 bits per heavy atom. The summed E-state index contributed by atoms with van der Waals surface area (Å²) in [6.07, 6.45) is 1.84. The van der Waals surface area contributed by atoms with Gasteiger partial charge in [0.05, 0.1) is 11.0 Å². The van der Waals surface area contributed by atoms with Gasteiger partial charge in [-0.1, -0.05) is 6.07 Å². The van der Waals surface area contributed by atoms with Gasteiger partial charge in [-0.15, -0.1) is 0 Å². The smallest absolute Gasteiger partial charge is 0.410 e. The molecular formula is C23H35N5O3. The maximum atomic E-state index is 12.3. The predicted molar refractivity (Wildman–Crippen MR) is 121 cm³/mol. The molecule has 31 heavy (non-hydrogen) atoms. The third kappa shape index (κ3) is 5.13. The molecular weight excluding hydrogens is 394 g/mol. The number of aromatic nitrogens is 2. The number of fused-ring (bicyclic) bond motifs is 1. The van der Waals surface area contributed by atoms with E-state index in [0.29, 0.717) is 6.04 Å². The molecule has 0 unspecified atom stereocenters. The molecule has 8 heteroatoms. The molecule has 0 spiro atoms. The third-order valence-corrected chi connectivity index (χ3v) is 6.42. The molecule has 1 N–H and O–H groups in total. The van der Waals surface area contributed by atoms with E-state index in [1.165, 1.54) is 5.56 Å². The summed E-state index contributed by atoms with van der Waals surface area (Å²) in [6.45, 7) is 12.4. The molecule has 2 aliphatic heterocycles. The number of piperazine rings is 1. The first kappa shape index (κ1) is 21.9. The Hall–Kier alpha value is -2.32. The fraction of sp³-hybridized carbons (Fsp3) is 0.652. The molecule has 2 fully saturated rings. The maximum absolute atomic E-state index is 12.3. The van der Waals surface area contributed by atoms with Crippen LogP contribution in [0.15, 0.2) is 23.0 Å². The van der Waals surface area contributed by atoms with Crippen molar-refractivity contribution < 1.29 is 9.53 Å². The molecule has 0 aliphatic carbocycles. The number of rotatable bonds is 3. The van der Waals surface area contributed by atoms with Crippen LogP contribution in [0, 0.1) is 0 Å². The van der Waals surface area contributed by atoms with Gasteiger partial charge in [-0.25, -0.2) is 9.59 Å². The molecule has 2 aromatic rings. The molecule has 1 aromatic carbocycles. The van der Waals surface area contributed by atoms with Crippen LogP contribution in [-0.2, 0) is 18.3 Å². The number of carbonyl (C=O) groups is 1. The lowest BCUT2D eigenvalue weighted by atomic mass is 10.0. The Bertz CT molecular complexity index is 973. The number of nitrogens with zero attached hydrogens (tertiary/aromatic N) is 4. The van der Waals surface area contributed by atoms with Gasteiger partial charge in [0, 0.05) is 58.9 Å². The zero-order chi connectivity index (χ0) is 22.2. The lowest BCUT2D eigenvalue weighted by molar-refractivity contribution is 0.00969. The van der Waals surface area contributed by atoms with E-state index >= 15 is 0 Å². The van der Waals surface area contributed by atoms with Crippen molar-refractivity contribution in [3.63, 3.8) is 0 Å². The molecule has 1 amide bonds. The monoisotopic (exact) mass is 429 g/mol. The van der Waals surface area contributed by atoms with E-state index in [1.807, 2.05) is 31.7 Å². The number of ether oxygens (including phenoxy) is 1. The summed E-state index contributed by atoms with van der Waals surface area (Å²) in [4.78, 5) is 33.9. The average Bonchev–Trinajstić information content (AvgIpc) is 3.01. The minimum Gasteiger partial charge on any atom is -0.444 e. The number of piperidine rings is 1. The maximum Gasteiger partial charge on any atom is 0.410 e. The Labute approximate surface area is 183 Å². The minimum absolute atomic E-state index is 0.0709. The lowest BCUT2D eigenvalue weighted by Gasteiger charge is -2.42. The van der Waals surface area contributed by atoms with E-state index in [1.54, 1.807) is 11.6 Å². The van der Waals surface area contributed by atoms with Crippen molar-refractivity contribution in [2.24, 2.45) is 7.05 Å². The van der Waals surface area contributed by atoms with Gasteiger partial charge in [0.2, 0.25) is 0 Å². The second-order valence-corrected chi connectivity index (χ2v) is 9.85. The number of likely N-dealkylation sites (tertiary alicyclic amines) is 1. The van der Waals surface area contributed by atoms with Gasteiger partial charge in [0.1, 0.15) is 5.60 Å². The summed E-state index contributed by atoms with van der Waals surface area (Å²) in [5, 5.41) is 0. The summed E-state index contributed by atoms with van der Waals surface area (Å²) in [7, 11) is 1.80. The number of hydrogen-bond donors (Lipinski definition) is 1. The molecule has 3 heterocycles. The molecule has 0 radical (unpaired) electrons. The van der Waals surface area contributed by atoms with Crippen molar-refractivity contribution in [1.29, 1.82) is 0 Å². The number of aryl methyl sites for hydroxylation is 1. The van der Waals surface area contributed by atoms with Crippen LogP contribution in [0.3, 0.4) is 0 Å². The van der Waals surface area contributed by atoms with E-state index < -0.39 is 5.60 Å². The van der Waals surface area contributed by atoms with E-state index in [0.717, 1.165) is 69.7 Å². The van der Waals surface area contributed by atoms with Crippen LogP contribution < -0.4 is 5.69 Å². The topological polar surface area (TPSA) is 73.8 Å². The Morgan fingerprint density at radius 1 is 1.10 bits per heavy atom. The van der Waals surface area contributed by atoms with E-state index in [4.69, 9.17) is 4.74 Å². The average molecular weight is 430 g/mol. The molecule has 0 atom stereocenters. The number of imidazole rings is 1. The van der Waals surface area contributed by atoms with Crippen molar-refractivity contribution in [2.75, 3.05) is 39.3 Å². The van der Waals surface area contributed by atoms with Crippen LogP contribution in [0.25, 0.3) is 11.0 Å². The second kappa shape index (κ2) is 8.67. The van der Waals surface area contributed by atoms with Crippen LogP contribution in [0.5, 0.6) is 0 Å². The Kier molecular flexibility index (Phi) is 6.12. The van der Waals surface area contributed by atoms with Crippen LogP contribution in [0.1, 0.15) is 39.2 Å². The Morgan fingerprint density at radius 2 is 1.77 bits per heavy atom. The zero-order valence-electron chi connectivity index (χ0n) is 19.2. The van der Waals surface area contributed by atoms with Gasteiger partial charge in [-0.05, 0) is 51.3 Å². The van der Waals surface area contributed by atoms with Crippen molar-refractivity contribution in [1.82, 2.24) is 24.3 Å². The van der Waals surface area contributed by atoms with Crippen molar-refractivity contribution in [3.05, 3.63) is 34.2 Å². The molecule has 8 nitrogen and oxygen atoms in total. The normalized spacial score (nSPS) is 19.8. The number of amides is 1. The van der Waals surface area contributed by atoms with Gasteiger partial charge in [-0.3, -0.25) is 14.4 Å². The first-order valence-electron chi connectivity index (χ1n) is 11.3. The largest absolute Gasteiger partial charge is 0.444 e. The molecule has 4 rings (SSSR count). The summed E-state index contributed by atoms with van der Waals surface area (Å²) in [5.74, 6) is 0. The van der Waals surface area contributed by atoms with E-state index in [2.05, 4.69) is 26.9 Å². The van der Waals surface area contributed by atoms with Crippen molar-refractivity contribution in [3.8, 4) is 0 Å². The van der Waals surface area contributed by atoms with E-state index in [9.17, 15) is 9.59 Å². The van der Waals surface area contributed by atoms with Gasteiger partial charge < -0.3 is 14.6 Å². The van der Waals surface area contributed by atoms with Crippen LogP contribution in [-0.4, -0.2) is 81.3 Å². The number of nitrogens with one attached hydrogen (secondary N) is 1. The molecule has 2 aliphatic rings. The molecule has 170 valence electrons. The number of hydrogen-bond acceptors (Lipinski definition) is 5. The minimum atomic E-state index is -0.440. The summed E-state index contributed by atoms with van der Waals surface area (Å²) < 4.78 is 7.18.